The molecule has 2 heterocycles. The molecule has 0 radical (unpaired) electrons. The van der Waals surface area contributed by atoms with Gasteiger partial charge in [0.1, 0.15) is 11.2 Å². The van der Waals surface area contributed by atoms with E-state index in [1.54, 1.807) is 18.5 Å². The highest BCUT2D eigenvalue weighted by Gasteiger charge is 2.15. The van der Waals surface area contributed by atoms with Crippen LogP contribution in [0.5, 0.6) is 0 Å². The number of aromatic nitrogens is 2. The smallest absolute Gasteiger partial charge is 0.355 e. The molecule has 0 aliphatic heterocycles. The van der Waals surface area contributed by atoms with Gasteiger partial charge in [0.15, 0.2) is 0 Å². The average molecular weight is 238 g/mol. The second-order valence-corrected chi connectivity index (χ2v) is 4.07. The van der Waals surface area contributed by atoms with Crippen LogP contribution in [0, 0.1) is 0 Å². The normalized spacial score (nSPS) is 10.6. The van der Waals surface area contributed by atoms with Gasteiger partial charge in [-0.1, -0.05) is 0 Å². The average Bonchev–Trinajstić information content (AvgIpc) is 2.71. The summed E-state index contributed by atoms with van der Waals surface area (Å²) < 4.78 is 6.84. The third-order valence-corrected chi connectivity index (χ3v) is 2.99. The molecule has 0 amide bonds. The number of hydrogen-bond acceptors (Lipinski definition) is 5. The number of pyridine rings is 1. The summed E-state index contributed by atoms with van der Waals surface area (Å²) in [6, 6.07) is 1.63. The van der Waals surface area contributed by atoms with Gasteiger partial charge in [0.25, 0.3) is 5.56 Å². The van der Waals surface area contributed by atoms with Crippen molar-refractivity contribution in [1.82, 2.24) is 9.55 Å². The summed E-state index contributed by atoms with van der Waals surface area (Å²) in [6.07, 6.45) is 0. The molecule has 0 aromatic carbocycles. The minimum absolute atomic E-state index is 0.253. The largest absolute Gasteiger partial charge is 0.461 e. The molecular weight excluding hydrogens is 228 g/mol. The lowest BCUT2D eigenvalue weighted by atomic mass is 10.3. The molecule has 0 aliphatic rings. The van der Waals surface area contributed by atoms with Gasteiger partial charge in [-0.25, -0.2) is 9.78 Å². The zero-order valence-corrected chi connectivity index (χ0v) is 9.71. The van der Waals surface area contributed by atoms with Crippen molar-refractivity contribution in [3.05, 3.63) is 27.6 Å². The van der Waals surface area contributed by atoms with Gasteiger partial charge in [0, 0.05) is 7.05 Å². The summed E-state index contributed by atoms with van der Waals surface area (Å²) in [5.41, 5.74) is 1.95. The van der Waals surface area contributed by atoms with E-state index in [4.69, 9.17) is 4.74 Å². The van der Waals surface area contributed by atoms with Crippen LogP contribution in [0.25, 0.3) is 10.2 Å². The Morgan fingerprint density at radius 3 is 3.06 bits per heavy atom. The van der Waals surface area contributed by atoms with E-state index < -0.39 is 5.97 Å². The maximum absolute atomic E-state index is 11.8. The number of nitrogens with zero attached hydrogens (tertiary/aromatic N) is 2. The van der Waals surface area contributed by atoms with Gasteiger partial charge < -0.3 is 9.30 Å². The summed E-state index contributed by atoms with van der Waals surface area (Å²) in [7, 11) is 1.54. The van der Waals surface area contributed by atoms with Crippen LogP contribution in [0.4, 0.5) is 0 Å². The first-order chi connectivity index (χ1) is 7.65. The van der Waals surface area contributed by atoms with E-state index in [9.17, 15) is 9.59 Å². The second kappa shape index (κ2) is 4.05. The SMILES string of the molecule is CCOC(=O)c1cc2scnc2c(=O)n1C. The lowest BCUT2D eigenvalue weighted by Gasteiger charge is -2.06. The van der Waals surface area contributed by atoms with E-state index in [1.165, 1.54) is 23.0 Å². The molecule has 84 valence electrons. The van der Waals surface area contributed by atoms with E-state index in [2.05, 4.69) is 4.98 Å². The maximum atomic E-state index is 11.8. The number of esters is 1. The molecule has 0 N–H and O–H groups in total. The molecule has 0 bridgehead atoms. The molecular formula is C10H10N2O3S. The van der Waals surface area contributed by atoms with Gasteiger partial charge in [-0.2, -0.15) is 0 Å². The van der Waals surface area contributed by atoms with Gasteiger partial charge in [-0.15, -0.1) is 11.3 Å². The molecule has 16 heavy (non-hydrogen) atoms. The van der Waals surface area contributed by atoms with Crippen molar-refractivity contribution in [2.45, 2.75) is 6.92 Å². The predicted octanol–water partition coefficient (Wildman–Crippen LogP) is 1.17. The van der Waals surface area contributed by atoms with Crippen molar-refractivity contribution in [2.75, 3.05) is 6.61 Å². The van der Waals surface area contributed by atoms with E-state index in [-0.39, 0.29) is 17.9 Å². The number of ether oxygens (including phenoxy) is 1. The Bertz CT molecular complexity index is 600. The van der Waals surface area contributed by atoms with Crippen molar-refractivity contribution < 1.29 is 9.53 Å². The van der Waals surface area contributed by atoms with Crippen LogP contribution >= 0.6 is 11.3 Å². The standard InChI is InChI=1S/C10H10N2O3S/c1-3-15-10(14)6-4-7-8(11-5-16-7)9(13)12(6)2/h4-5H,3H2,1-2H3. The molecule has 5 nitrogen and oxygen atoms in total. The molecule has 6 heteroatoms. The fourth-order valence-corrected chi connectivity index (χ4v) is 2.11. The predicted molar refractivity (Wildman–Crippen MR) is 60.8 cm³/mol. The van der Waals surface area contributed by atoms with Crippen LogP contribution in [-0.4, -0.2) is 22.1 Å². The van der Waals surface area contributed by atoms with Gasteiger partial charge in [0.2, 0.25) is 0 Å². The van der Waals surface area contributed by atoms with Crippen LogP contribution in [0.2, 0.25) is 0 Å². The lowest BCUT2D eigenvalue weighted by Crippen LogP contribution is -2.24. The van der Waals surface area contributed by atoms with Crippen molar-refractivity contribution >= 4 is 27.5 Å². The fourth-order valence-electron chi connectivity index (χ4n) is 1.41. The van der Waals surface area contributed by atoms with Crippen LogP contribution < -0.4 is 5.56 Å². The second-order valence-electron chi connectivity index (χ2n) is 3.18. The van der Waals surface area contributed by atoms with Crippen molar-refractivity contribution in [2.24, 2.45) is 7.05 Å². The first kappa shape index (κ1) is 10.8. The van der Waals surface area contributed by atoms with Crippen LogP contribution in [0.15, 0.2) is 16.4 Å². The van der Waals surface area contributed by atoms with Gasteiger partial charge >= 0.3 is 5.97 Å². The summed E-state index contributed by atoms with van der Waals surface area (Å²) in [4.78, 5) is 27.4. The first-order valence-corrected chi connectivity index (χ1v) is 5.63. The molecule has 0 atom stereocenters. The number of thiazole rings is 1. The Labute approximate surface area is 95.3 Å². The van der Waals surface area contributed by atoms with Gasteiger partial charge in [-0.05, 0) is 13.0 Å². The topological polar surface area (TPSA) is 61.2 Å². The number of rotatable bonds is 2. The lowest BCUT2D eigenvalue weighted by molar-refractivity contribution is 0.0514. The Morgan fingerprint density at radius 2 is 2.38 bits per heavy atom. The first-order valence-electron chi connectivity index (χ1n) is 4.75. The molecule has 2 aromatic rings. The summed E-state index contributed by atoms with van der Waals surface area (Å²) >= 11 is 1.33. The Hall–Kier alpha value is -1.69. The highest BCUT2D eigenvalue weighted by atomic mass is 32.1. The molecule has 0 saturated heterocycles. The van der Waals surface area contributed by atoms with E-state index in [0.717, 1.165) is 0 Å². The monoisotopic (exact) mass is 238 g/mol. The van der Waals surface area contributed by atoms with Gasteiger partial charge in [-0.3, -0.25) is 4.79 Å². The molecule has 0 saturated carbocycles. The highest BCUT2D eigenvalue weighted by Crippen LogP contribution is 2.15. The van der Waals surface area contributed by atoms with Gasteiger partial charge in [0.05, 0.1) is 16.8 Å². The molecule has 2 rings (SSSR count). The van der Waals surface area contributed by atoms with E-state index in [0.29, 0.717) is 10.2 Å². The van der Waals surface area contributed by atoms with Crippen molar-refractivity contribution in [1.29, 1.82) is 0 Å². The zero-order valence-electron chi connectivity index (χ0n) is 8.89. The molecule has 2 aromatic heterocycles. The third kappa shape index (κ3) is 1.61. The molecule has 0 spiro atoms. The molecule has 0 unspecified atom stereocenters. The summed E-state index contributed by atoms with van der Waals surface area (Å²) in [5.74, 6) is -0.489. The van der Waals surface area contributed by atoms with Crippen LogP contribution in [0.1, 0.15) is 17.4 Å². The Kier molecular flexibility index (Phi) is 2.74. The number of carbonyl (C=O) groups is 1. The third-order valence-electron chi connectivity index (χ3n) is 2.22. The summed E-state index contributed by atoms with van der Waals surface area (Å²) in [5, 5.41) is 0. The number of hydrogen-bond donors (Lipinski definition) is 0. The molecule has 0 fully saturated rings. The molecule has 0 aliphatic carbocycles. The van der Waals surface area contributed by atoms with Crippen molar-refractivity contribution in [3.63, 3.8) is 0 Å². The fraction of sp³-hybridized carbons (Fsp3) is 0.300. The highest BCUT2D eigenvalue weighted by molar-refractivity contribution is 7.16. The zero-order chi connectivity index (χ0) is 11.7. The minimum atomic E-state index is -0.489. The van der Waals surface area contributed by atoms with Crippen LogP contribution in [-0.2, 0) is 11.8 Å². The number of fused-ring (bicyclic) bond motifs is 1. The Morgan fingerprint density at radius 1 is 1.62 bits per heavy atom. The van der Waals surface area contributed by atoms with Crippen molar-refractivity contribution in [3.8, 4) is 0 Å². The maximum Gasteiger partial charge on any atom is 0.355 e. The summed E-state index contributed by atoms with van der Waals surface area (Å²) in [6.45, 7) is 2.01. The van der Waals surface area contributed by atoms with E-state index in [1.807, 2.05) is 0 Å². The Balaban J connectivity index is 2.66. The van der Waals surface area contributed by atoms with Crippen LogP contribution in [0.3, 0.4) is 0 Å². The quantitative estimate of drug-likeness (QED) is 0.737. The van der Waals surface area contributed by atoms with E-state index >= 15 is 0 Å². The minimum Gasteiger partial charge on any atom is -0.461 e. The number of carbonyl (C=O) groups excluding carboxylic acids is 1.